The van der Waals surface area contributed by atoms with Crippen LogP contribution in [0.2, 0.25) is 0 Å². The zero-order valence-corrected chi connectivity index (χ0v) is 12.6. The van der Waals surface area contributed by atoms with E-state index in [1.54, 1.807) is 21.8 Å². The fourth-order valence-electron chi connectivity index (χ4n) is 2.81. The van der Waals surface area contributed by atoms with E-state index in [1.165, 1.54) is 12.3 Å². The Morgan fingerprint density at radius 2 is 2.08 bits per heavy atom. The molecule has 7 heteroatoms. The molecular weight excluding hydrogens is 304 g/mol. The van der Waals surface area contributed by atoms with Gasteiger partial charge in [0.25, 0.3) is 5.91 Å². The Kier molecular flexibility index (Phi) is 3.28. The van der Waals surface area contributed by atoms with Crippen molar-refractivity contribution < 1.29 is 4.79 Å². The van der Waals surface area contributed by atoms with Crippen LogP contribution in [0.1, 0.15) is 27.3 Å². The maximum absolute atomic E-state index is 13.1. The topological polar surface area (TPSA) is 87.7 Å². The van der Waals surface area contributed by atoms with Crippen molar-refractivity contribution in [3.8, 4) is 6.07 Å². The molecule has 1 aliphatic rings. The van der Waals surface area contributed by atoms with Gasteiger partial charge in [-0.2, -0.15) is 5.26 Å². The van der Waals surface area contributed by atoms with Crippen molar-refractivity contribution in [3.05, 3.63) is 71.3 Å². The Hall–Kier alpha value is -3.53. The van der Waals surface area contributed by atoms with Crippen LogP contribution < -0.4 is 4.90 Å². The van der Waals surface area contributed by atoms with Gasteiger partial charge >= 0.3 is 0 Å². The second-order valence-corrected chi connectivity index (χ2v) is 5.44. The third-order valence-electron chi connectivity index (χ3n) is 3.99. The lowest BCUT2D eigenvalue weighted by Gasteiger charge is -2.22. The summed E-state index contributed by atoms with van der Waals surface area (Å²) in [6.07, 6.45) is 3.14. The third kappa shape index (κ3) is 2.30. The number of hydrogen-bond donors (Lipinski definition) is 0. The molecular formula is C17H12N6O. The van der Waals surface area contributed by atoms with E-state index in [4.69, 9.17) is 5.26 Å². The molecule has 3 heterocycles. The van der Waals surface area contributed by atoms with Crippen LogP contribution in [-0.2, 0) is 13.1 Å². The number of para-hydroxylation sites is 1. The molecule has 2 aromatic heterocycles. The molecule has 0 bridgehead atoms. The number of fused-ring (bicyclic) bond motifs is 2. The number of pyridine rings is 1. The lowest BCUT2D eigenvalue weighted by atomic mass is 10.1. The maximum atomic E-state index is 13.1. The highest BCUT2D eigenvalue weighted by molar-refractivity contribution is 6.06. The van der Waals surface area contributed by atoms with E-state index in [0.717, 1.165) is 16.9 Å². The number of carbonyl (C=O) groups is 1. The first-order chi connectivity index (χ1) is 11.8. The lowest BCUT2D eigenvalue weighted by molar-refractivity contribution is 0.0984. The van der Waals surface area contributed by atoms with Gasteiger partial charge in [-0.25, -0.2) is 9.67 Å². The van der Waals surface area contributed by atoms with E-state index in [2.05, 4.69) is 15.3 Å². The molecule has 0 saturated carbocycles. The normalized spacial score (nSPS) is 12.7. The molecule has 116 valence electrons. The molecule has 7 nitrogen and oxygen atoms in total. The van der Waals surface area contributed by atoms with Crippen molar-refractivity contribution in [2.24, 2.45) is 0 Å². The van der Waals surface area contributed by atoms with Crippen molar-refractivity contribution in [2.45, 2.75) is 13.1 Å². The number of amides is 1. The number of rotatable bonds is 1. The number of nitrogens with zero attached hydrogens (tertiary/aromatic N) is 6. The van der Waals surface area contributed by atoms with Crippen molar-refractivity contribution in [1.29, 1.82) is 5.26 Å². The summed E-state index contributed by atoms with van der Waals surface area (Å²) >= 11 is 0. The highest BCUT2D eigenvalue weighted by Gasteiger charge is 2.25. The fourth-order valence-corrected chi connectivity index (χ4v) is 2.81. The number of anilines is 1. The smallest absolute Gasteiger partial charge is 0.258 e. The number of benzene rings is 1. The minimum Gasteiger partial charge on any atom is -0.302 e. The minimum atomic E-state index is -0.184. The van der Waals surface area contributed by atoms with Crippen molar-refractivity contribution in [2.75, 3.05) is 4.90 Å². The summed E-state index contributed by atoms with van der Waals surface area (Å²) in [6, 6.07) is 12.8. The Morgan fingerprint density at radius 3 is 2.96 bits per heavy atom. The second kappa shape index (κ2) is 5.59. The summed E-state index contributed by atoms with van der Waals surface area (Å²) in [5.41, 5.74) is 3.33. The average Bonchev–Trinajstić information content (AvgIpc) is 3.00. The standard InChI is InChI=1S/C17H12N6O/c18-8-14-7-12(5-6-19-14)17(24)22-11-15-9-20-21-23(15)10-13-3-1-2-4-16(13)22/h1-7,9H,10-11H2. The monoisotopic (exact) mass is 316 g/mol. The van der Waals surface area contributed by atoms with Gasteiger partial charge in [-0.3, -0.25) is 4.79 Å². The van der Waals surface area contributed by atoms with E-state index in [9.17, 15) is 4.79 Å². The Balaban J connectivity index is 1.81. The molecule has 1 aromatic carbocycles. The van der Waals surface area contributed by atoms with Gasteiger partial charge in [0.05, 0.1) is 25.0 Å². The number of nitriles is 1. The van der Waals surface area contributed by atoms with Gasteiger partial charge in [-0.1, -0.05) is 23.4 Å². The molecule has 0 fully saturated rings. The zero-order valence-electron chi connectivity index (χ0n) is 12.6. The van der Waals surface area contributed by atoms with E-state index in [1.807, 2.05) is 30.3 Å². The van der Waals surface area contributed by atoms with Crippen molar-refractivity contribution in [3.63, 3.8) is 0 Å². The molecule has 4 rings (SSSR count). The Labute approximate surface area is 137 Å². The van der Waals surface area contributed by atoms with Gasteiger partial charge in [-0.05, 0) is 23.8 Å². The zero-order chi connectivity index (χ0) is 16.5. The third-order valence-corrected chi connectivity index (χ3v) is 3.99. The molecule has 3 aromatic rings. The Morgan fingerprint density at radius 1 is 1.21 bits per heavy atom. The van der Waals surface area contributed by atoms with Crippen molar-refractivity contribution >= 4 is 11.6 Å². The molecule has 0 N–H and O–H groups in total. The predicted octanol–water partition coefficient (Wildman–Crippen LogP) is 1.75. The predicted molar refractivity (Wildman–Crippen MR) is 85.0 cm³/mol. The highest BCUT2D eigenvalue weighted by atomic mass is 16.2. The van der Waals surface area contributed by atoms with Crippen LogP contribution in [0, 0.1) is 11.3 Å². The van der Waals surface area contributed by atoms with Crippen LogP contribution in [-0.4, -0.2) is 25.9 Å². The number of aromatic nitrogens is 4. The fraction of sp³-hybridized carbons (Fsp3) is 0.118. The summed E-state index contributed by atoms with van der Waals surface area (Å²) in [7, 11) is 0. The quantitative estimate of drug-likeness (QED) is 0.682. The van der Waals surface area contributed by atoms with Crippen LogP contribution in [0.3, 0.4) is 0 Å². The molecule has 1 amide bonds. The second-order valence-electron chi connectivity index (χ2n) is 5.44. The molecule has 0 aliphatic carbocycles. The average molecular weight is 316 g/mol. The summed E-state index contributed by atoms with van der Waals surface area (Å²) in [6.45, 7) is 0.933. The summed E-state index contributed by atoms with van der Waals surface area (Å²) < 4.78 is 1.79. The summed E-state index contributed by atoms with van der Waals surface area (Å²) in [4.78, 5) is 18.7. The largest absolute Gasteiger partial charge is 0.302 e. The van der Waals surface area contributed by atoms with Crippen LogP contribution in [0.5, 0.6) is 0 Å². The van der Waals surface area contributed by atoms with Gasteiger partial charge in [0, 0.05) is 17.4 Å². The molecule has 0 saturated heterocycles. The Bertz CT molecular complexity index is 971. The molecule has 0 radical (unpaired) electrons. The van der Waals surface area contributed by atoms with E-state index in [-0.39, 0.29) is 11.6 Å². The molecule has 0 atom stereocenters. The molecule has 0 spiro atoms. The molecule has 24 heavy (non-hydrogen) atoms. The van der Waals surface area contributed by atoms with Gasteiger partial charge < -0.3 is 4.90 Å². The van der Waals surface area contributed by atoms with Gasteiger partial charge in [0.1, 0.15) is 11.8 Å². The minimum absolute atomic E-state index is 0.184. The van der Waals surface area contributed by atoms with E-state index < -0.39 is 0 Å². The van der Waals surface area contributed by atoms with Crippen LogP contribution in [0.4, 0.5) is 5.69 Å². The first kappa shape index (κ1) is 14.1. The highest BCUT2D eigenvalue weighted by Crippen LogP contribution is 2.28. The van der Waals surface area contributed by atoms with E-state index in [0.29, 0.717) is 18.7 Å². The van der Waals surface area contributed by atoms with Gasteiger partial charge in [-0.15, -0.1) is 5.10 Å². The van der Waals surface area contributed by atoms with E-state index >= 15 is 0 Å². The van der Waals surface area contributed by atoms with Crippen molar-refractivity contribution in [1.82, 2.24) is 20.0 Å². The van der Waals surface area contributed by atoms with Gasteiger partial charge in [0.15, 0.2) is 0 Å². The SMILES string of the molecule is N#Cc1cc(C(=O)N2Cc3cnnn3Cc3ccccc32)ccn1. The van der Waals surface area contributed by atoms with Crippen LogP contribution in [0.25, 0.3) is 0 Å². The van der Waals surface area contributed by atoms with Gasteiger partial charge in [0.2, 0.25) is 0 Å². The number of hydrogen-bond acceptors (Lipinski definition) is 5. The molecule has 1 aliphatic heterocycles. The molecule has 0 unspecified atom stereocenters. The summed E-state index contributed by atoms with van der Waals surface area (Å²) in [5.74, 6) is -0.184. The summed E-state index contributed by atoms with van der Waals surface area (Å²) in [5, 5.41) is 17.0. The maximum Gasteiger partial charge on any atom is 0.258 e. The number of carbonyl (C=O) groups excluding carboxylic acids is 1. The van der Waals surface area contributed by atoms with Crippen LogP contribution in [0.15, 0.2) is 48.8 Å². The first-order valence-corrected chi connectivity index (χ1v) is 7.39. The van der Waals surface area contributed by atoms with Crippen LogP contribution >= 0.6 is 0 Å². The lowest BCUT2D eigenvalue weighted by Crippen LogP contribution is -2.30. The first-order valence-electron chi connectivity index (χ1n) is 7.39.